The smallest absolute Gasteiger partial charge is 0.224 e. The van der Waals surface area contributed by atoms with Gasteiger partial charge in [-0.1, -0.05) is 48.5 Å². The van der Waals surface area contributed by atoms with E-state index in [0.717, 1.165) is 5.56 Å². The molecule has 1 aliphatic rings. The molecule has 2 unspecified atom stereocenters. The van der Waals surface area contributed by atoms with E-state index in [0.29, 0.717) is 24.3 Å². The molecule has 0 aromatic heterocycles. The van der Waals surface area contributed by atoms with Gasteiger partial charge in [0, 0.05) is 25.1 Å². The first-order chi connectivity index (χ1) is 15.5. The van der Waals surface area contributed by atoms with Crippen molar-refractivity contribution in [1.82, 2.24) is 4.90 Å². The molecule has 4 rings (SSSR count). The van der Waals surface area contributed by atoms with E-state index in [1.807, 2.05) is 18.2 Å². The Bertz CT molecular complexity index is 1090. The lowest BCUT2D eigenvalue weighted by atomic mass is 9.93. The van der Waals surface area contributed by atoms with Crippen LogP contribution in [0.15, 0.2) is 72.8 Å². The van der Waals surface area contributed by atoms with E-state index in [1.54, 1.807) is 35.2 Å². The number of rotatable bonds is 7. The molecular weight excluding hydrogens is 410 g/mol. The predicted molar refractivity (Wildman–Crippen MR) is 119 cm³/mol. The number of carbonyl (C=O) groups excluding carboxylic acids is 1. The van der Waals surface area contributed by atoms with E-state index in [2.05, 4.69) is 6.07 Å². The highest BCUT2D eigenvalue weighted by Gasteiger charge is 2.31. The van der Waals surface area contributed by atoms with Crippen LogP contribution >= 0.6 is 0 Å². The van der Waals surface area contributed by atoms with Crippen molar-refractivity contribution in [3.05, 3.63) is 101 Å². The number of benzene rings is 3. The summed E-state index contributed by atoms with van der Waals surface area (Å²) in [7, 11) is 0. The van der Waals surface area contributed by atoms with E-state index in [9.17, 15) is 13.6 Å². The fraction of sp³-hybridized carbons (Fsp3) is 0.269. The first kappa shape index (κ1) is 22.0. The number of carbonyl (C=O) groups is 1. The molecule has 0 spiro atoms. The molecule has 2 N–H and O–H groups in total. The second-order valence-corrected chi connectivity index (χ2v) is 8.18. The zero-order chi connectivity index (χ0) is 22.5. The molecule has 0 saturated carbocycles. The molecular formula is C26H26F2N2O2. The van der Waals surface area contributed by atoms with Crippen LogP contribution in [0.3, 0.4) is 0 Å². The van der Waals surface area contributed by atoms with E-state index >= 15 is 0 Å². The fourth-order valence-electron chi connectivity index (χ4n) is 4.14. The monoisotopic (exact) mass is 436 g/mol. The van der Waals surface area contributed by atoms with Gasteiger partial charge in [-0.2, -0.15) is 0 Å². The van der Waals surface area contributed by atoms with Crippen LogP contribution in [0.4, 0.5) is 8.78 Å². The molecule has 6 heteroatoms. The molecule has 3 aromatic rings. The third kappa shape index (κ3) is 5.32. The maximum atomic E-state index is 14.0. The molecule has 1 amide bonds. The maximum absolute atomic E-state index is 14.0. The summed E-state index contributed by atoms with van der Waals surface area (Å²) in [6.45, 7) is 0.699. The molecule has 0 saturated heterocycles. The van der Waals surface area contributed by atoms with Crippen LogP contribution in [0, 0.1) is 11.6 Å². The van der Waals surface area contributed by atoms with Crippen LogP contribution in [-0.2, 0) is 24.2 Å². The molecule has 0 fully saturated rings. The first-order valence-electron chi connectivity index (χ1n) is 10.7. The van der Waals surface area contributed by atoms with Gasteiger partial charge in [0.1, 0.15) is 24.0 Å². The largest absolute Gasteiger partial charge is 0.491 e. The Morgan fingerprint density at radius 2 is 1.78 bits per heavy atom. The van der Waals surface area contributed by atoms with Crippen LogP contribution in [0.25, 0.3) is 0 Å². The van der Waals surface area contributed by atoms with Crippen molar-refractivity contribution < 1.29 is 18.3 Å². The van der Waals surface area contributed by atoms with Crippen molar-refractivity contribution in [2.45, 2.75) is 37.9 Å². The summed E-state index contributed by atoms with van der Waals surface area (Å²) in [5, 5.41) is 0. The molecule has 32 heavy (non-hydrogen) atoms. The average Bonchev–Trinajstić information content (AvgIpc) is 2.78. The summed E-state index contributed by atoms with van der Waals surface area (Å²) in [5.41, 5.74) is 8.97. The second-order valence-electron chi connectivity index (χ2n) is 8.18. The molecule has 166 valence electrons. The van der Waals surface area contributed by atoms with Crippen molar-refractivity contribution in [2.24, 2.45) is 5.73 Å². The van der Waals surface area contributed by atoms with Crippen molar-refractivity contribution in [1.29, 1.82) is 0 Å². The van der Waals surface area contributed by atoms with Crippen molar-refractivity contribution in [3.8, 4) is 5.75 Å². The molecule has 0 radical (unpaired) electrons. The minimum absolute atomic E-state index is 0.101. The number of fused-ring (bicyclic) bond motifs is 1. The minimum atomic E-state index is -0.499. The predicted octanol–water partition coefficient (Wildman–Crippen LogP) is 4.26. The van der Waals surface area contributed by atoms with Gasteiger partial charge in [-0.25, -0.2) is 8.78 Å². The Morgan fingerprint density at radius 1 is 1.03 bits per heavy atom. The highest BCUT2D eigenvalue weighted by Crippen LogP contribution is 2.25. The topological polar surface area (TPSA) is 55.6 Å². The quantitative estimate of drug-likeness (QED) is 0.602. The Balaban J connectivity index is 1.46. The number of nitrogens with zero attached hydrogens (tertiary/aromatic N) is 1. The number of amides is 1. The summed E-state index contributed by atoms with van der Waals surface area (Å²) >= 11 is 0. The molecule has 0 aliphatic carbocycles. The summed E-state index contributed by atoms with van der Waals surface area (Å²) in [6.07, 6.45) is 1.03. The number of nitrogens with two attached hydrogens (primary N) is 1. The highest BCUT2D eigenvalue weighted by atomic mass is 19.1. The SMILES string of the molecule is NC(CC(=O)N1Cc2ccccc2CC1COc1cccc(F)c1)Cc1ccccc1F. The van der Waals surface area contributed by atoms with E-state index in [1.165, 1.54) is 23.8 Å². The van der Waals surface area contributed by atoms with Gasteiger partial charge in [-0.15, -0.1) is 0 Å². The summed E-state index contributed by atoms with van der Waals surface area (Å²) in [5.74, 6) is -0.365. The Labute approximate surface area is 186 Å². The summed E-state index contributed by atoms with van der Waals surface area (Å²) in [4.78, 5) is 15.0. The molecule has 1 aliphatic heterocycles. The lowest BCUT2D eigenvalue weighted by molar-refractivity contribution is -0.135. The Hall–Kier alpha value is -3.25. The Kier molecular flexibility index (Phi) is 6.81. The number of hydrogen-bond acceptors (Lipinski definition) is 3. The third-order valence-corrected chi connectivity index (χ3v) is 5.79. The number of ether oxygens (including phenoxy) is 1. The van der Waals surface area contributed by atoms with Crippen LogP contribution < -0.4 is 10.5 Å². The van der Waals surface area contributed by atoms with Gasteiger partial charge < -0.3 is 15.4 Å². The first-order valence-corrected chi connectivity index (χ1v) is 10.7. The lowest BCUT2D eigenvalue weighted by Crippen LogP contribution is -2.48. The highest BCUT2D eigenvalue weighted by molar-refractivity contribution is 5.77. The van der Waals surface area contributed by atoms with E-state index < -0.39 is 6.04 Å². The summed E-state index contributed by atoms with van der Waals surface area (Å²) < 4.78 is 33.3. The summed E-state index contributed by atoms with van der Waals surface area (Å²) in [6, 6.07) is 19.7. The van der Waals surface area contributed by atoms with Crippen LogP contribution in [0.5, 0.6) is 5.75 Å². The molecule has 0 bridgehead atoms. The molecule has 3 aromatic carbocycles. The van der Waals surface area contributed by atoms with Gasteiger partial charge in [-0.05, 0) is 47.7 Å². The van der Waals surface area contributed by atoms with Crippen molar-refractivity contribution in [3.63, 3.8) is 0 Å². The van der Waals surface area contributed by atoms with Crippen LogP contribution in [0.1, 0.15) is 23.1 Å². The third-order valence-electron chi connectivity index (χ3n) is 5.79. The van der Waals surface area contributed by atoms with Gasteiger partial charge in [0.15, 0.2) is 0 Å². The Morgan fingerprint density at radius 3 is 2.56 bits per heavy atom. The zero-order valence-electron chi connectivity index (χ0n) is 17.7. The van der Waals surface area contributed by atoms with E-state index in [4.69, 9.17) is 10.5 Å². The normalized spacial score (nSPS) is 16.3. The lowest BCUT2D eigenvalue weighted by Gasteiger charge is -2.37. The minimum Gasteiger partial charge on any atom is -0.491 e. The maximum Gasteiger partial charge on any atom is 0.224 e. The van der Waals surface area contributed by atoms with Gasteiger partial charge in [0.2, 0.25) is 5.91 Å². The van der Waals surface area contributed by atoms with Crippen molar-refractivity contribution in [2.75, 3.05) is 6.61 Å². The number of hydrogen-bond donors (Lipinski definition) is 1. The number of halogens is 2. The van der Waals surface area contributed by atoms with Crippen LogP contribution in [-0.4, -0.2) is 29.5 Å². The van der Waals surface area contributed by atoms with E-state index in [-0.39, 0.29) is 43.0 Å². The second kappa shape index (κ2) is 9.92. The van der Waals surface area contributed by atoms with Gasteiger partial charge in [0.25, 0.3) is 0 Å². The van der Waals surface area contributed by atoms with Gasteiger partial charge in [0.05, 0.1) is 6.04 Å². The fourth-order valence-corrected chi connectivity index (χ4v) is 4.14. The molecule has 4 nitrogen and oxygen atoms in total. The van der Waals surface area contributed by atoms with Crippen molar-refractivity contribution >= 4 is 5.91 Å². The van der Waals surface area contributed by atoms with Crippen LogP contribution in [0.2, 0.25) is 0 Å². The standard InChI is InChI=1S/C26H26F2N2O2/c27-21-9-5-10-24(14-21)32-17-23-13-18-6-1-2-8-20(18)16-30(23)26(31)15-22(29)12-19-7-3-4-11-25(19)28/h1-11,14,22-23H,12-13,15-17,29H2. The van der Waals surface area contributed by atoms with Gasteiger partial charge >= 0.3 is 0 Å². The molecule has 1 heterocycles. The molecule has 2 atom stereocenters. The average molecular weight is 437 g/mol. The zero-order valence-corrected chi connectivity index (χ0v) is 17.7. The van der Waals surface area contributed by atoms with Gasteiger partial charge in [-0.3, -0.25) is 4.79 Å².